The monoisotopic (exact) mass is 259 g/mol. The van der Waals surface area contributed by atoms with E-state index in [-0.39, 0.29) is 6.04 Å². The molecule has 1 aliphatic rings. The second-order valence-electron chi connectivity index (χ2n) is 4.98. The Balaban J connectivity index is 1.94. The molecule has 0 radical (unpaired) electrons. The van der Waals surface area contributed by atoms with Gasteiger partial charge in [0.1, 0.15) is 6.04 Å². The summed E-state index contributed by atoms with van der Waals surface area (Å²) in [5.41, 5.74) is 1.96. The van der Waals surface area contributed by atoms with Gasteiger partial charge in [0.2, 0.25) is 11.8 Å². The van der Waals surface area contributed by atoms with Crippen LogP contribution in [0.3, 0.4) is 0 Å². The molecular weight excluding hydrogens is 242 g/mol. The summed E-state index contributed by atoms with van der Waals surface area (Å²) in [4.78, 5) is 15.5. The molecule has 0 saturated carbocycles. The van der Waals surface area contributed by atoms with Gasteiger partial charge in [-0.1, -0.05) is 5.16 Å². The molecule has 2 aromatic rings. The van der Waals surface area contributed by atoms with Crippen LogP contribution in [0.1, 0.15) is 42.0 Å². The Labute approximate surface area is 111 Å². The normalized spacial score (nSPS) is 19.1. The fourth-order valence-electron chi connectivity index (χ4n) is 2.55. The first kappa shape index (κ1) is 12.1. The van der Waals surface area contributed by atoms with E-state index >= 15 is 0 Å². The van der Waals surface area contributed by atoms with E-state index in [1.165, 1.54) is 0 Å². The Hall–Kier alpha value is -1.98. The van der Waals surface area contributed by atoms with Crippen LogP contribution in [-0.4, -0.2) is 26.7 Å². The van der Waals surface area contributed by atoms with Crippen molar-refractivity contribution in [3.63, 3.8) is 0 Å². The van der Waals surface area contributed by atoms with Crippen molar-refractivity contribution >= 4 is 5.95 Å². The van der Waals surface area contributed by atoms with E-state index < -0.39 is 0 Å². The maximum absolute atomic E-state index is 5.30. The van der Waals surface area contributed by atoms with Gasteiger partial charge in [0, 0.05) is 17.9 Å². The SMILES string of the molecule is Cc1cc(C)nc(N2CCCC2c2nc(C)no2)n1. The van der Waals surface area contributed by atoms with Gasteiger partial charge in [0.15, 0.2) is 5.82 Å². The van der Waals surface area contributed by atoms with Gasteiger partial charge in [-0.2, -0.15) is 4.98 Å². The van der Waals surface area contributed by atoms with Crippen LogP contribution < -0.4 is 4.90 Å². The van der Waals surface area contributed by atoms with Gasteiger partial charge in [0.05, 0.1) is 0 Å². The van der Waals surface area contributed by atoms with Crippen molar-refractivity contribution in [3.05, 3.63) is 29.2 Å². The van der Waals surface area contributed by atoms with Crippen LogP contribution in [0.25, 0.3) is 0 Å². The van der Waals surface area contributed by atoms with Crippen LogP contribution in [0.4, 0.5) is 5.95 Å². The fourth-order valence-corrected chi connectivity index (χ4v) is 2.55. The smallest absolute Gasteiger partial charge is 0.249 e. The van der Waals surface area contributed by atoms with Crippen LogP contribution >= 0.6 is 0 Å². The molecule has 0 bridgehead atoms. The first-order chi connectivity index (χ1) is 9.13. The Bertz CT molecular complexity index is 574. The molecule has 0 aromatic carbocycles. The lowest BCUT2D eigenvalue weighted by atomic mass is 10.2. The van der Waals surface area contributed by atoms with E-state index in [2.05, 4.69) is 25.0 Å². The average molecular weight is 259 g/mol. The topological polar surface area (TPSA) is 67.9 Å². The van der Waals surface area contributed by atoms with E-state index in [0.29, 0.717) is 11.7 Å². The molecule has 100 valence electrons. The largest absolute Gasteiger partial charge is 0.337 e. The molecule has 3 rings (SSSR count). The van der Waals surface area contributed by atoms with Gasteiger partial charge in [-0.3, -0.25) is 0 Å². The van der Waals surface area contributed by atoms with Crippen LogP contribution in [0.2, 0.25) is 0 Å². The highest BCUT2D eigenvalue weighted by molar-refractivity contribution is 5.36. The summed E-state index contributed by atoms with van der Waals surface area (Å²) < 4.78 is 5.30. The van der Waals surface area contributed by atoms with Crippen LogP contribution in [0.15, 0.2) is 10.6 Å². The van der Waals surface area contributed by atoms with Crippen LogP contribution in [0.5, 0.6) is 0 Å². The number of hydrogen-bond donors (Lipinski definition) is 0. The Morgan fingerprint density at radius 2 is 1.89 bits per heavy atom. The lowest BCUT2D eigenvalue weighted by molar-refractivity contribution is 0.351. The lowest BCUT2D eigenvalue weighted by Crippen LogP contribution is -2.25. The second kappa shape index (κ2) is 4.60. The van der Waals surface area contributed by atoms with Crippen molar-refractivity contribution in [2.24, 2.45) is 0 Å². The molecule has 1 aliphatic heterocycles. The van der Waals surface area contributed by atoms with Crippen molar-refractivity contribution < 1.29 is 4.52 Å². The summed E-state index contributed by atoms with van der Waals surface area (Å²) in [5.74, 6) is 2.09. The summed E-state index contributed by atoms with van der Waals surface area (Å²) >= 11 is 0. The molecule has 6 heteroatoms. The molecule has 1 unspecified atom stereocenters. The van der Waals surface area contributed by atoms with Crippen molar-refractivity contribution in [1.82, 2.24) is 20.1 Å². The maximum Gasteiger partial charge on any atom is 0.249 e. The standard InChI is InChI=1S/C13H17N5O/c1-8-7-9(2)15-13(14-8)18-6-4-5-11(18)12-16-10(3)17-19-12/h7,11H,4-6H2,1-3H3. The van der Waals surface area contributed by atoms with Gasteiger partial charge in [-0.15, -0.1) is 0 Å². The quantitative estimate of drug-likeness (QED) is 0.823. The highest BCUT2D eigenvalue weighted by Crippen LogP contribution is 2.33. The van der Waals surface area contributed by atoms with E-state index in [0.717, 1.165) is 36.7 Å². The Morgan fingerprint density at radius 3 is 2.53 bits per heavy atom. The molecule has 6 nitrogen and oxygen atoms in total. The Morgan fingerprint density at radius 1 is 1.16 bits per heavy atom. The Kier molecular flexibility index (Phi) is 2.93. The summed E-state index contributed by atoms with van der Waals surface area (Å²) in [6.07, 6.45) is 2.08. The van der Waals surface area contributed by atoms with Gasteiger partial charge in [-0.25, -0.2) is 9.97 Å². The highest BCUT2D eigenvalue weighted by atomic mass is 16.5. The van der Waals surface area contributed by atoms with E-state index in [4.69, 9.17) is 4.52 Å². The third kappa shape index (κ3) is 2.30. The van der Waals surface area contributed by atoms with Crippen molar-refractivity contribution in [2.75, 3.05) is 11.4 Å². The van der Waals surface area contributed by atoms with Gasteiger partial charge in [-0.05, 0) is 39.7 Å². The van der Waals surface area contributed by atoms with E-state index in [9.17, 15) is 0 Å². The molecule has 0 N–H and O–H groups in total. The highest BCUT2D eigenvalue weighted by Gasteiger charge is 2.32. The van der Waals surface area contributed by atoms with Crippen molar-refractivity contribution in [1.29, 1.82) is 0 Å². The van der Waals surface area contributed by atoms with E-state index in [1.54, 1.807) is 0 Å². The predicted molar refractivity (Wildman–Crippen MR) is 69.9 cm³/mol. The number of aromatic nitrogens is 4. The summed E-state index contributed by atoms with van der Waals surface area (Å²) in [7, 11) is 0. The molecule has 1 fully saturated rings. The predicted octanol–water partition coefficient (Wildman–Crippen LogP) is 2.13. The number of nitrogens with zero attached hydrogens (tertiary/aromatic N) is 5. The van der Waals surface area contributed by atoms with Crippen LogP contribution in [0, 0.1) is 20.8 Å². The van der Waals surface area contributed by atoms with E-state index in [1.807, 2.05) is 26.8 Å². The number of rotatable bonds is 2. The second-order valence-corrected chi connectivity index (χ2v) is 4.98. The fraction of sp³-hybridized carbons (Fsp3) is 0.538. The van der Waals surface area contributed by atoms with Gasteiger partial charge >= 0.3 is 0 Å². The first-order valence-corrected chi connectivity index (χ1v) is 6.52. The van der Waals surface area contributed by atoms with Crippen molar-refractivity contribution in [3.8, 4) is 0 Å². The number of aryl methyl sites for hydroxylation is 3. The molecule has 0 amide bonds. The lowest BCUT2D eigenvalue weighted by Gasteiger charge is -2.22. The minimum atomic E-state index is 0.0994. The van der Waals surface area contributed by atoms with Crippen molar-refractivity contribution in [2.45, 2.75) is 39.7 Å². The zero-order valence-corrected chi connectivity index (χ0v) is 11.4. The molecule has 1 saturated heterocycles. The molecular formula is C13H17N5O. The third-order valence-corrected chi connectivity index (χ3v) is 3.31. The first-order valence-electron chi connectivity index (χ1n) is 6.52. The summed E-state index contributed by atoms with van der Waals surface area (Å²) in [6, 6.07) is 2.08. The molecule has 2 aromatic heterocycles. The number of anilines is 1. The summed E-state index contributed by atoms with van der Waals surface area (Å²) in [6.45, 7) is 6.73. The molecule has 0 spiro atoms. The molecule has 19 heavy (non-hydrogen) atoms. The minimum absolute atomic E-state index is 0.0994. The van der Waals surface area contributed by atoms with Gasteiger partial charge < -0.3 is 9.42 Å². The molecule has 3 heterocycles. The summed E-state index contributed by atoms with van der Waals surface area (Å²) in [5, 5.41) is 3.87. The average Bonchev–Trinajstić information content (AvgIpc) is 2.95. The zero-order chi connectivity index (χ0) is 13.4. The molecule has 1 atom stereocenters. The minimum Gasteiger partial charge on any atom is -0.337 e. The molecule has 0 aliphatic carbocycles. The van der Waals surface area contributed by atoms with Gasteiger partial charge in [0.25, 0.3) is 0 Å². The zero-order valence-electron chi connectivity index (χ0n) is 11.4. The maximum atomic E-state index is 5.30. The van der Waals surface area contributed by atoms with Crippen LogP contribution in [-0.2, 0) is 0 Å². The third-order valence-electron chi connectivity index (χ3n) is 3.31. The number of hydrogen-bond acceptors (Lipinski definition) is 6.